The zero-order valence-electron chi connectivity index (χ0n) is 24.2. The van der Waals surface area contributed by atoms with Gasteiger partial charge in [-0.25, -0.2) is 0 Å². The van der Waals surface area contributed by atoms with E-state index < -0.39 is 23.7 Å². The fraction of sp³-hybridized carbons (Fsp3) is 0.742. The Morgan fingerprint density at radius 2 is 1.54 bits per heavy atom. The number of carbonyl (C=O) groups is 2. The van der Waals surface area contributed by atoms with Gasteiger partial charge in [-0.1, -0.05) is 18.6 Å². The Hall–Kier alpha value is -1.90. The molecule has 0 aromatic heterocycles. The van der Waals surface area contributed by atoms with Crippen molar-refractivity contribution < 1.29 is 18.9 Å². The number of hydrogen-bond donors (Lipinski definition) is 0. The minimum atomic E-state index is -0.527. The molecule has 2 saturated carbocycles. The Morgan fingerprint density at radius 1 is 0.897 bits per heavy atom. The zero-order chi connectivity index (χ0) is 27.2. The summed E-state index contributed by atoms with van der Waals surface area (Å²) in [6.07, 6.45) is 9.51. The highest BCUT2D eigenvalue weighted by Gasteiger charge is 2.57. The number of anilines is 1. The molecular weight excluding hydrogens is 489 g/mol. The van der Waals surface area contributed by atoms with E-state index in [1.54, 1.807) is 0 Å². The molecule has 2 amide bonds. The van der Waals surface area contributed by atoms with Gasteiger partial charge in [0.15, 0.2) is 0 Å². The van der Waals surface area contributed by atoms with Gasteiger partial charge in [0, 0.05) is 36.8 Å². The normalized spacial score (nSPS) is 31.5. The van der Waals surface area contributed by atoms with E-state index in [4.69, 9.17) is 9.31 Å². The molecule has 4 heterocycles. The van der Waals surface area contributed by atoms with Crippen molar-refractivity contribution in [3.05, 3.63) is 23.8 Å². The van der Waals surface area contributed by atoms with Crippen LogP contribution in [0.2, 0.25) is 0 Å². The maximum absolute atomic E-state index is 14.5. The average molecular weight is 534 g/mol. The molecule has 8 heteroatoms. The summed E-state index contributed by atoms with van der Waals surface area (Å²) < 4.78 is 12.8. The molecule has 4 aliphatic heterocycles. The van der Waals surface area contributed by atoms with Crippen LogP contribution in [0.4, 0.5) is 5.69 Å². The number of likely N-dealkylation sites (tertiary alicyclic amines) is 2. The van der Waals surface area contributed by atoms with Crippen LogP contribution in [-0.4, -0.2) is 78.2 Å². The van der Waals surface area contributed by atoms with Crippen molar-refractivity contribution in [3.63, 3.8) is 0 Å². The molecule has 0 bridgehead atoms. The van der Waals surface area contributed by atoms with Crippen LogP contribution in [0.5, 0.6) is 0 Å². The first-order valence-electron chi connectivity index (χ1n) is 15.5. The Morgan fingerprint density at radius 3 is 2.15 bits per heavy atom. The maximum atomic E-state index is 14.5. The van der Waals surface area contributed by atoms with Crippen LogP contribution < -0.4 is 10.4 Å². The van der Waals surface area contributed by atoms with Crippen molar-refractivity contribution in [2.75, 3.05) is 31.1 Å². The lowest BCUT2D eigenvalue weighted by Crippen LogP contribution is -2.58. The summed E-state index contributed by atoms with van der Waals surface area (Å²) in [6.45, 7) is 12.1. The van der Waals surface area contributed by atoms with E-state index in [1.165, 1.54) is 32.4 Å². The third-order valence-corrected chi connectivity index (χ3v) is 11.2. The molecule has 1 aromatic carbocycles. The van der Waals surface area contributed by atoms with Gasteiger partial charge in [-0.2, -0.15) is 0 Å². The molecule has 39 heavy (non-hydrogen) atoms. The number of carbonyl (C=O) groups excluding carboxylic acids is 2. The van der Waals surface area contributed by atoms with E-state index in [9.17, 15) is 9.59 Å². The molecule has 2 aliphatic carbocycles. The molecule has 0 unspecified atom stereocenters. The van der Waals surface area contributed by atoms with E-state index in [-0.39, 0.29) is 17.9 Å². The number of nitrogens with zero attached hydrogens (tertiary/aromatic N) is 3. The van der Waals surface area contributed by atoms with Crippen LogP contribution in [0.1, 0.15) is 91.0 Å². The first kappa shape index (κ1) is 26.0. The first-order chi connectivity index (χ1) is 18.6. The second kappa shape index (κ2) is 9.05. The number of amides is 2. The van der Waals surface area contributed by atoms with E-state index in [0.29, 0.717) is 37.9 Å². The Labute approximate surface area is 233 Å². The fourth-order valence-electron chi connectivity index (χ4n) is 7.63. The van der Waals surface area contributed by atoms with Crippen molar-refractivity contribution in [1.82, 2.24) is 9.80 Å². The van der Waals surface area contributed by atoms with Crippen LogP contribution in [0, 0.1) is 5.92 Å². The molecule has 0 radical (unpaired) electrons. The molecule has 0 atom stereocenters. The highest BCUT2D eigenvalue weighted by molar-refractivity contribution is 6.62. The van der Waals surface area contributed by atoms with Gasteiger partial charge in [0.05, 0.1) is 16.6 Å². The minimum absolute atomic E-state index is 0.228. The molecule has 5 fully saturated rings. The average Bonchev–Trinajstić information content (AvgIpc) is 3.68. The molecule has 6 aliphatic rings. The predicted octanol–water partition coefficient (Wildman–Crippen LogP) is 3.62. The summed E-state index contributed by atoms with van der Waals surface area (Å²) in [5, 5.41) is 0. The van der Waals surface area contributed by atoms with Crippen molar-refractivity contribution in [2.24, 2.45) is 5.92 Å². The molecule has 7 nitrogen and oxygen atoms in total. The second-order valence-corrected chi connectivity index (χ2v) is 14.1. The van der Waals surface area contributed by atoms with Crippen molar-refractivity contribution in [1.29, 1.82) is 0 Å². The van der Waals surface area contributed by atoms with Crippen LogP contribution in [0.3, 0.4) is 0 Å². The third kappa shape index (κ3) is 4.11. The molecular formula is C31H44BN3O4. The number of benzene rings is 1. The van der Waals surface area contributed by atoms with Gasteiger partial charge in [0.2, 0.25) is 11.8 Å². The van der Waals surface area contributed by atoms with E-state index in [1.807, 2.05) is 4.90 Å². The highest BCUT2D eigenvalue weighted by atomic mass is 16.7. The van der Waals surface area contributed by atoms with Gasteiger partial charge in [-0.15, -0.1) is 0 Å². The molecule has 210 valence electrons. The smallest absolute Gasteiger partial charge is 0.399 e. The lowest BCUT2D eigenvalue weighted by atomic mass is 9.71. The topological polar surface area (TPSA) is 62.3 Å². The summed E-state index contributed by atoms with van der Waals surface area (Å²) in [4.78, 5) is 34.1. The number of rotatable bonds is 4. The second-order valence-electron chi connectivity index (χ2n) is 14.1. The quantitative estimate of drug-likeness (QED) is 0.554. The van der Waals surface area contributed by atoms with Crippen molar-refractivity contribution in [2.45, 2.75) is 114 Å². The largest absolute Gasteiger partial charge is 0.494 e. The molecule has 0 N–H and O–H groups in total. The van der Waals surface area contributed by atoms with Gasteiger partial charge in [0.25, 0.3) is 0 Å². The van der Waals surface area contributed by atoms with Crippen molar-refractivity contribution >= 4 is 30.1 Å². The summed E-state index contributed by atoms with van der Waals surface area (Å²) in [6, 6.07) is 7.29. The maximum Gasteiger partial charge on any atom is 0.494 e. The van der Waals surface area contributed by atoms with E-state index in [2.05, 4.69) is 55.7 Å². The monoisotopic (exact) mass is 533 g/mol. The summed E-state index contributed by atoms with van der Waals surface area (Å²) >= 11 is 0. The summed E-state index contributed by atoms with van der Waals surface area (Å²) in [5.74, 6) is 0.780. The summed E-state index contributed by atoms with van der Waals surface area (Å²) in [7, 11) is -0.450. The van der Waals surface area contributed by atoms with Gasteiger partial charge >= 0.3 is 7.12 Å². The van der Waals surface area contributed by atoms with Gasteiger partial charge in [0.1, 0.15) is 0 Å². The van der Waals surface area contributed by atoms with Gasteiger partial charge in [-0.3, -0.25) is 9.59 Å². The lowest BCUT2D eigenvalue weighted by molar-refractivity contribution is -0.137. The van der Waals surface area contributed by atoms with Crippen LogP contribution in [-0.2, 0) is 24.3 Å². The fourth-order valence-corrected chi connectivity index (χ4v) is 7.63. The van der Waals surface area contributed by atoms with Gasteiger partial charge in [-0.05, 0) is 109 Å². The standard InChI is InChI=1S/C31H44BN3O4/c1-29(2)30(3,4)39-32(38-29)22-10-11-25-26(18-22)35(24-19-23(20-24)33-14-6-5-7-15-33)28(37)31(25)12-16-34(17-13-31)27(36)21-8-9-21/h10-11,18,21,23-24H,5-9,12-17,19-20H2,1-4H3. The SMILES string of the molecule is CC1(C)OB(c2ccc3c(c2)N(C2CC(N4CCCCC4)C2)C(=O)C32CCN(C(=O)C3CC3)CC2)OC1(C)C. The Balaban J connectivity index is 1.18. The minimum Gasteiger partial charge on any atom is -0.399 e. The van der Waals surface area contributed by atoms with Crippen molar-refractivity contribution in [3.8, 4) is 0 Å². The van der Waals surface area contributed by atoms with Crippen LogP contribution >= 0.6 is 0 Å². The third-order valence-electron chi connectivity index (χ3n) is 11.2. The molecule has 1 aromatic rings. The van der Waals surface area contributed by atoms with Crippen LogP contribution in [0.25, 0.3) is 0 Å². The molecule has 7 rings (SSSR count). The molecule has 3 saturated heterocycles. The number of fused-ring (bicyclic) bond motifs is 2. The number of hydrogen-bond acceptors (Lipinski definition) is 5. The predicted molar refractivity (Wildman–Crippen MR) is 152 cm³/mol. The van der Waals surface area contributed by atoms with E-state index >= 15 is 0 Å². The summed E-state index contributed by atoms with van der Waals surface area (Å²) in [5.41, 5.74) is 1.83. The zero-order valence-corrected chi connectivity index (χ0v) is 24.2. The number of piperidine rings is 2. The van der Waals surface area contributed by atoms with E-state index in [0.717, 1.165) is 42.4 Å². The Bertz CT molecular complexity index is 1140. The van der Waals surface area contributed by atoms with Crippen LogP contribution in [0.15, 0.2) is 18.2 Å². The Kier molecular flexibility index (Phi) is 6.04. The highest BCUT2D eigenvalue weighted by Crippen LogP contribution is 2.51. The first-order valence-corrected chi connectivity index (χ1v) is 15.5. The lowest BCUT2D eigenvalue weighted by Gasteiger charge is -2.48. The molecule has 1 spiro atoms. The van der Waals surface area contributed by atoms with Gasteiger partial charge < -0.3 is 24.0 Å².